The first-order valence-electron chi connectivity index (χ1n) is 7.79. The molecule has 1 aliphatic heterocycles. The van der Waals surface area contributed by atoms with Gasteiger partial charge in [0.1, 0.15) is 11.5 Å². The molecule has 0 aromatic heterocycles. The van der Waals surface area contributed by atoms with E-state index in [0.29, 0.717) is 29.5 Å². The number of carboxylic acid groups (broad SMARTS) is 1. The van der Waals surface area contributed by atoms with Crippen LogP contribution in [0, 0.1) is 17.8 Å². The number of benzene rings is 1. The minimum Gasteiger partial charge on any atom is -0.497 e. The van der Waals surface area contributed by atoms with Gasteiger partial charge in [-0.05, 0) is 42.9 Å². The van der Waals surface area contributed by atoms with E-state index in [2.05, 4.69) is 0 Å². The Labute approximate surface area is 135 Å². The summed E-state index contributed by atoms with van der Waals surface area (Å²) in [6.45, 7) is 0.760. The highest BCUT2D eigenvalue weighted by Gasteiger charge is 2.47. The van der Waals surface area contributed by atoms with Crippen molar-refractivity contribution < 1.29 is 24.2 Å². The molecule has 1 aliphatic carbocycles. The quantitative estimate of drug-likeness (QED) is 0.897. The topological polar surface area (TPSA) is 76.1 Å². The average molecular weight is 319 g/mol. The summed E-state index contributed by atoms with van der Waals surface area (Å²) in [6.07, 6.45) is 2.14. The molecular formula is C17H21NO5. The molecule has 23 heavy (non-hydrogen) atoms. The summed E-state index contributed by atoms with van der Waals surface area (Å²) in [5.74, 6) is 0.0709. The Morgan fingerprint density at radius 3 is 2.48 bits per heavy atom. The SMILES string of the molecule is COc1ccc(OC)c(C(=O)N2C[C@H](C(=O)O)[C@@H](C3CC3)C2)c1. The van der Waals surface area contributed by atoms with E-state index in [-0.39, 0.29) is 18.4 Å². The lowest BCUT2D eigenvalue weighted by molar-refractivity contribution is -0.142. The van der Waals surface area contributed by atoms with Crippen molar-refractivity contribution >= 4 is 11.9 Å². The first kappa shape index (κ1) is 15.6. The second kappa shape index (κ2) is 6.10. The van der Waals surface area contributed by atoms with Crippen molar-refractivity contribution in [2.75, 3.05) is 27.3 Å². The molecule has 1 aromatic rings. The van der Waals surface area contributed by atoms with Gasteiger partial charge in [0, 0.05) is 13.1 Å². The van der Waals surface area contributed by atoms with Crippen LogP contribution in [0.25, 0.3) is 0 Å². The zero-order valence-corrected chi connectivity index (χ0v) is 13.3. The van der Waals surface area contributed by atoms with E-state index in [0.717, 1.165) is 12.8 Å². The van der Waals surface area contributed by atoms with E-state index in [1.807, 2.05) is 0 Å². The van der Waals surface area contributed by atoms with Crippen LogP contribution in [0.2, 0.25) is 0 Å². The average Bonchev–Trinajstić information content (AvgIpc) is 3.31. The van der Waals surface area contributed by atoms with Crippen molar-refractivity contribution in [3.63, 3.8) is 0 Å². The molecular weight excluding hydrogens is 298 g/mol. The van der Waals surface area contributed by atoms with Gasteiger partial charge >= 0.3 is 5.97 Å². The van der Waals surface area contributed by atoms with E-state index in [1.165, 1.54) is 14.2 Å². The van der Waals surface area contributed by atoms with Gasteiger partial charge in [-0.2, -0.15) is 0 Å². The summed E-state index contributed by atoms with van der Waals surface area (Å²) < 4.78 is 10.4. The number of methoxy groups -OCH3 is 2. The van der Waals surface area contributed by atoms with Crippen LogP contribution in [0.1, 0.15) is 23.2 Å². The van der Waals surface area contributed by atoms with E-state index in [4.69, 9.17) is 9.47 Å². The van der Waals surface area contributed by atoms with Crippen LogP contribution in [0.15, 0.2) is 18.2 Å². The van der Waals surface area contributed by atoms with Crippen molar-refractivity contribution in [3.8, 4) is 11.5 Å². The number of amides is 1. The molecule has 0 bridgehead atoms. The zero-order valence-electron chi connectivity index (χ0n) is 13.3. The number of carbonyl (C=O) groups excluding carboxylic acids is 1. The third-order valence-corrected chi connectivity index (χ3v) is 4.83. The first-order chi connectivity index (χ1) is 11.0. The van der Waals surface area contributed by atoms with E-state index < -0.39 is 11.9 Å². The van der Waals surface area contributed by atoms with E-state index in [1.54, 1.807) is 23.1 Å². The van der Waals surface area contributed by atoms with Gasteiger partial charge in [0.2, 0.25) is 0 Å². The highest BCUT2D eigenvalue weighted by molar-refractivity contribution is 5.98. The van der Waals surface area contributed by atoms with Crippen molar-refractivity contribution in [2.45, 2.75) is 12.8 Å². The molecule has 1 N–H and O–H groups in total. The summed E-state index contributed by atoms with van der Waals surface area (Å²) in [4.78, 5) is 26.0. The fourth-order valence-electron chi connectivity index (χ4n) is 3.41. The molecule has 1 amide bonds. The Kier molecular flexibility index (Phi) is 4.15. The number of rotatable bonds is 5. The molecule has 0 radical (unpaired) electrons. The lowest BCUT2D eigenvalue weighted by Crippen LogP contribution is -2.30. The van der Waals surface area contributed by atoms with E-state index >= 15 is 0 Å². The second-order valence-corrected chi connectivity index (χ2v) is 6.22. The van der Waals surface area contributed by atoms with Crippen molar-refractivity contribution in [1.82, 2.24) is 4.90 Å². The van der Waals surface area contributed by atoms with Crippen LogP contribution < -0.4 is 9.47 Å². The Morgan fingerprint density at radius 1 is 1.17 bits per heavy atom. The van der Waals surface area contributed by atoms with Crippen LogP contribution in [-0.2, 0) is 4.79 Å². The Hall–Kier alpha value is -2.24. The number of hydrogen-bond donors (Lipinski definition) is 1. The molecule has 3 rings (SSSR count). The summed E-state index contributed by atoms with van der Waals surface area (Å²) in [6, 6.07) is 5.06. The molecule has 1 saturated heterocycles. The normalized spacial score (nSPS) is 23.7. The van der Waals surface area contributed by atoms with Crippen LogP contribution >= 0.6 is 0 Å². The number of likely N-dealkylation sites (tertiary alicyclic amines) is 1. The summed E-state index contributed by atoms with van der Waals surface area (Å²) in [5, 5.41) is 9.43. The van der Waals surface area contributed by atoms with Gasteiger partial charge in [-0.1, -0.05) is 0 Å². The molecule has 6 nitrogen and oxygen atoms in total. The monoisotopic (exact) mass is 319 g/mol. The minimum atomic E-state index is -0.810. The fourth-order valence-corrected chi connectivity index (χ4v) is 3.41. The molecule has 6 heteroatoms. The predicted octanol–water partition coefficient (Wildman–Crippen LogP) is 1.89. The van der Waals surface area contributed by atoms with Crippen molar-refractivity contribution in [2.24, 2.45) is 17.8 Å². The second-order valence-electron chi connectivity index (χ2n) is 6.22. The van der Waals surface area contributed by atoms with E-state index in [9.17, 15) is 14.7 Å². The largest absolute Gasteiger partial charge is 0.497 e. The van der Waals surface area contributed by atoms with Gasteiger partial charge in [0.25, 0.3) is 5.91 Å². The van der Waals surface area contributed by atoms with Crippen molar-refractivity contribution in [1.29, 1.82) is 0 Å². The number of hydrogen-bond acceptors (Lipinski definition) is 4. The van der Waals surface area contributed by atoms with Crippen LogP contribution in [0.5, 0.6) is 11.5 Å². The zero-order chi connectivity index (χ0) is 16.6. The Bertz CT molecular complexity index is 625. The lowest BCUT2D eigenvalue weighted by Gasteiger charge is -2.18. The molecule has 0 spiro atoms. The Balaban J connectivity index is 1.84. The summed E-state index contributed by atoms with van der Waals surface area (Å²) in [5.41, 5.74) is 0.410. The lowest BCUT2D eigenvalue weighted by atomic mass is 9.92. The third kappa shape index (κ3) is 2.98. The van der Waals surface area contributed by atoms with Gasteiger partial charge in [0.15, 0.2) is 0 Å². The van der Waals surface area contributed by atoms with Gasteiger partial charge in [-0.25, -0.2) is 0 Å². The van der Waals surface area contributed by atoms with Crippen LogP contribution in [0.3, 0.4) is 0 Å². The summed E-state index contributed by atoms with van der Waals surface area (Å²) in [7, 11) is 3.05. The number of nitrogens with zero attached hydrogens (tertiary/aromatic N) is 1. The predicted molar refractivity (Wildman–Crippen MR) is 82.8 cm³/mol. The highest BCUT2D eigenvalue weighted by Crippen LogP contribution is 2.44. The molecule has 1 saturated carbocycles. The molecule has 0 unspecified atom stereocenters. The van der Waals surface area contributed by atoms with Gasteiger partial charge < -0.3 is 19.5 Å². The maximum absolute atomic E-state index is 12.8. The molecule has 2 atom stereocenters. The number of carboxylic acids is 1. The molecule has 1 aromatic carbocycles. The molecule has 124 valence electrons. The molecule has 1 heterocycles. The maximum Gasteiger partial charge on any atom is 0.308 e. The van der Waals surface area contributed by atoms with Gasteiger partial charge in [0.05, 0.1) is 25.7 Å². The third-order valence-electron chi connectivity index (χ3n) is 4.83. The smallest absolute Gasteiger partial charge is 0.308 e. The van der Waals surface area contributed by atoms with Crippen LogP contribution in [-0.4, -0.2) is 49.2 Å². The number of aliphatic carboxylic acids is 1. The summed E-state index contributed by atoms with van der Waals surface area (Å²) >= 11 is 0. The molecule has 2 aliphatic rings. The molecule has 2 fully saturated rings. The minimum absolute atomic E-state index is 0.0630. The van der Waals surface area contributed by atoms with Gasteiger partial charge in [-0.15, -0.1) is 0 Å². The number of ether oxygens (including phenoxy) is 2. The van der Waals surface area contributed by atoms with Crippen molar-refractivity contribution in [3.05, 3.63) is 23.8 Å². The maximum atomic E-state index is 12.8. The van der Waals surface area contributed by atoms with Gasteiger partial charge in [-0.3, -0.25) is 9.59 Å². The number of carbonyl (C=O) groups is 2. The first-order valence-corrected chi connectivity index (χ1v) is 7.79. The standard InChI is InChI=1S/C17H21NO5/c1-22-11-5-6-15(23-2)12(7-11)16(19)18-8-13(10-3-4-10)14(9-18)17(20)21/h5-7,10,13-14H,3-4,8-9H2,1-2H3,(H,20,21)/t13-,14+/m1/s1. The highest BCUT2D eigenvalue weighted by atomic mass is 16.5. The Morgan fingerprint density at radius 2 is 1.91 bits per heavy atom. The fraction of sp³-hybridized carbons (Fsp3) is 0.529. The van der Waals surface area contributed by atoms with Crippen LogP contribution in [0.4, 0.5) is 0 Å².